The molecular weight excluding hydrogens is 240 g/mol. The average molecular weight is 257 g/mol. The van der Waals surface area contributed by atoms with Crippen LogP contribution in [0.3, 0.4) is 0 Å². The highest BCUT2D eigenvalue weighted by atomic mass is 35.5. The monoisotopic (exact) mass is 256 g/mol. The number of aliphatic hydroxyl groups is 1. The van der Waals surface area contributed by atoms with Crippen molar-refractivity contribution in [1.82, 2.24) is 10.3 Å². The van der Waals surface area contributed by atoms with Crippen LogP contribution in [0.25, 0.3) is 0 Å². The number of hydrogen-bond donors (Lipinski definition) is 2. The summed E-state index contributed by atoms with van der Waals surface area (Å²) in [6.45, 7) is 2.73. The highest BCUT2D eigenvalue weighted by Crippen LogP contribution is 2.13. The Morgan fingerprint density at radius 2 is 2.41 bits per heavy atom. The Kier molecular flexibility index (Phi) is 5.94. The van der Waals surface area contributed by atoms with Gasteiger partial charge in [-0.05, 0) is 18.4 Å². The summed E-state index contributed by atoms with van der Waals surface area (Å²) in [7, 11) is 0. The van der Waals surface area contributed by atoms with Gasteiger partial charge in [0.25, 0.3) is 5.91 Å². The fourth-order valence-corrected chi connectivity index (χ4v) is 1.73. The summed E-state index contributed by atoms with van der Waals surface area (Å²) in [4.78, 5) is 15.6. The number of amides is 1. The maximum absolute atomic E-state index is 11.8. The molecule has 4 nitrogen and oxygen atoms in total. The van der Waals surface area contributed by atoms with E-state index in [1.54, 1.807) is 6.07 Å². The van der Waals surface area contributed by atoms with Gasteiger partial charge < -0.3 is 10.4 Å². The second kappa shape index (κ2) is 7.25. The lowest BCUT2D eigenvalue weighted by atomic mass is 10.0. The van der Waals surface area contributed by atoms with Gasteiger partial charge in [-0.1, -0.05) is 24.9 Å². The zero-order valence-electron chi connectivity index (χ0n) is 9.82. The van der Waals surface area contributed by atoms with E-state index in [-0.39, 0.29) is 12.5 Å². The van der Waals surface area contributed by atoms with Crippen molar-refractivity contribution in [3.05, 3.63) is 29.0 Å². The molecule has 0 aromatic carbocycles. The minimum atomic E-state index is -0.200. The van der Waals surface area contributed by atoms with Gasteiger partial charge in [0.05, 0.1) is 10.6 Å². The molecule has 1 atom stereocenters. The number of rotatable bonds is 6. The largest absolute Gasteiger partial charge is 0.396 e. The van der Waals surface area contributed by atoms with Crippen molar-refractivity contribution in [2.45, 2.75) is 19.8 Å². The van der Waals surface area contributed by atoms with Gasteiger partial charge in [0, 0.05) is 25.5 Å². The summed E-state index contributed by atoms with van der Waals surface area (Å²) in [5.74, 6) is 0.0957. The van der Waals surface area contributed by atoms with E-state index in [0.717, 1.165) is 6.42 Å². The lowest BCUT2D eigenvalue weighted by molar-refractivity contribution is 0.0943. The van der Waals surface area contributed by atoms with Crippen LogP contribution in [0.2, 0.25) is 5.02 Å². The van der Waals surface area contributed by atoms with E-state index in [4.69, 9.17) is 16.7 Å². The van der Waals surface area contributed by atoms with Crippen LogP contribution in [0.5, 0.6) is 0 Å². The highest BCUT2D eigenvalue weighted by Gasteiger charge is 2.12. The van der Waals surface area contributed by atoms with Crippen molar-refractivity contribution in [1.29, 1.82) is 0 Å². The first kappa shape index (κ1) is 13.9. The van der Waals surface area contributed by atoms with E-state index >= 15 is 0 Å². The van der Waals surface area contributed by atoms with Crippen LogP contribution < -0.4 is 5.32 Å². The molecule has 1 rings (SSSR count). The SMILES string of the molecule is CCC(CCO)CNC(=O)c1ccncc1Cl. The van der Waals surface area contributed by atoms with Crippen molar-refractivity contribution >= 4 is 17.5 Å². The lowest BCUT2D eigenvalue weighted by Gasteiger charge is -2.14. The molecule has 0 radical (unpaired) electrons. The van der Waals surface area contributed by atoms with Crippen LogP contribution in [0.1, 0.15) is 30.1 Å². The molecule has 0 bridgehead atoms. The topological polar surface area (TPSA) is 62.2 Å². The van der Waals surface area contributed by atoms with Crippen molar-refractivity contribution in [3.63, 3.8) is 0 Å². The fourth-order valence-electron chi connectivity index (χ4n) is 1.52. The first-order valence-electron chi connectivity index (χ1n) is 5.67. The van der Waals surface area contributed by atoms with Crippen molar-refractivity contribution in [2.75, 3.05) is 13.2 Å². The van der Waals surface area contributed by atoms with Crippen molar-refractivity contribution in [3.8, 4) is 0 Å². The Morgan fingerprint density at radius 3 is 3.00 bits per heavy atom. The minimum absolute atomic E-state index is 0.143. The molecule has 2 N–H and O–H groups in total. The van der Waals surface area contributed by atoms with Crippen LogP contribution >= 0.6 is 11.6 Å². The van der Waals surface area contributed by atoms with Gasteiger partial charge in [0.1, 0.15) is 0 Å². The van der Waals surface area contributed by atoms with Crippen molar-refractivity contribution < 1.29 is 9.90 Å². The molecule has 1 unspecified atom stereocenters. The van der Waals surface area contributed by atoms with Gasteiger partial charge >= 0.3 is 0 Å². The van der Waals surface area contributed by atoms with Gasteiger partial charge in [-0.2, -0.15) is 0 Å². The third-order valence-corrected chi connectivity index (χ3v) is 2.98. The summed E-state index contributed by atoms with van der Waals surface area (Å²) in [5, 5.41) is 12.0. The van der Waals surface area contributed by atoms with Gasteiger partial charge in [-0.15, -0.1) is 0 Å². The van der Waals surface area contributed by atoms with E-state index in [0.29, 0.717) is 29.5 Å². The molecule has 0 aliphatic carbocycles. The summed E-state index contributed by atoms with van der Waals surface area (Å²) in [6.07, 6.45) is 4.60. The summed E-state index contributed by atoms with van der Waals surface area (Å²) < 4.78 is 0. The Balaban J connectivity index is 2.52. The molecule has 0 aliphatic rings. The minimum Gasteiger partial charge on any atom is -0.396 e. The normalized spacial score (nSPS) is 12.2. The number of nitrogens with zero attached hydrogens (tertiary/aromatic N) is 1. The van der Waals surface area contributed by atoms with E-state index < -0.39 is 0 Å². The first-order chi connectivity index (χ1) is 8.19. The molecule has 0 saturated heterocycles. The molecule has 0 saturated carbocycles. The molecule has 0 fully saturated rings. The van der Waals surface area contributed by atoms with E-state index in [1.807, 2.05) is 6.92 Å². The Hall–Kier alpha value is -1.13. The average Bonchev–Trinajstić information content (AvgIpc) is 2.34. The van der Waals surface area contributed by atoms with Crippen LogP contribution in [0.4, 0.5) is 0 Å². The summed E-state index contributed by atoms with van der Waals surface area (Å²) in [5.41, 5.74) is 0.431. The second-order valence-corrected chi connectivity index (χ2v) is 4.26. The number of hydrogen-bond acceptors (Lipinski definition) is 3. The lowest BCUT2D eigenvalue weighted by Crippen LogP contribution is -2.29. The number of pyridine rings is 1. The number of halogens is 1. The third-order valence-electron chi connectivity index (χ3n) is 2.68. The van der Waals surface area contributed by atoms with Gasteiger partial charge in [0.15, 0.2) is 0 Å². The first-order valence-corrected chi connectivity index (χ1v) is 6.05. The molecule has 0 aliphatic heterocycles. The fraction of sp³-hybridized carbons (Fsp3) is 0.500. The Labute approximate surface area is 106 Å². The number of carbonyl (C=O) groups is 1. The highest BCUT2D eigenvalue weighted by molar-refractivity contribution is 6.33. The molecule has 17 heavy (non-hydrogen) atoms. The van der Waals surface area contributed by atoms with Gasteiger partial charge in [0.2, 0.25) is 0 Å². The summed E-state index contributed by atoms with van der Waals surface area (Å²) >= 11 is 5.87. The maximum atomic E-state index is 11.8. The van der Waals surface area contributed by atoms with Crippen LogP contribution in [0.15, 0.2) is 18.5 Å². The molecule has 1 aromatic heterocycles. The number of aromatic nitrogens is 1. The van der Waals surface area contributed by atoms with E-state index in [1.165, 1.54) is 12.4 Å². The second-order valence-electron chi connectivity index (χ2n) is 3.85. The molecule has 5 heteroatoms. The summed E-state index contributed by atoms with van der Waals surface area (Å²) in [6, 6.07) is 1.59. The molecular formula is C12H17ClN2O2. The Morgan fingerprint density at radius 1 is 1.65 bits per heavy atom. The number of aliphatic hydroxyl groups excluding tert-OH is 1. The van der Waals surface area contributed by atoms with E-state index in [2.05, 4.69) is 10.3 Å². The zero-order valence-corrected chi connectivity index (χ0v) is 10.6. The van der Waals surface area contributed by atoms with Gasteiger partial charge in [-0.3, -0.25) is 9.78 Å². The molecule has 1 aromatic rings. The number of nitrogens with one attached hydrogen (secondary N) is 1. The number of carbonyl (C=O) groups excluding carboxylic acids is 1. The molecule has 1 amide bonds. The van der Waals surface area contributed by atoms with Crippen LogP contribution in [0, 0.1) is 5.92 Å². The smallest absolute Gasteiger partial charge is 0.252 e. The van der Waals surface area contributed by atoms with Crippen molar-refractivity contribution in [2.24, 2.45) is 5.92 Å². The third kappa shape index (κ3) is 4.32. The predicted molar refractivity (Wildman–Crippen MR) is 67.1 cm³/mol. The molecule has 0 spiro atoms. The van der Waals surface area contributed by atoms with Gasteiger partial charge in [-0.25, -0.2) is 0 Å². The van der Waals surface area contributed by atoms with E-state index in [9.17, 15) is 4.79 Å². The van der Waals surface area contributed by atoms with Crippen LogP contribution in [-0.4, -0.2) is 29.1 Å². The zero-order chi connectivity index (χ0) is 12.7. The molecule has 1 heterocycles. The quantitative estimate of drug-likeness (QED) is 0.817. The Bertz CT molecular complexity index is 371. The predicted octanol–water partition coefficient (Wildman–Crippen LogP) is 1.87. The van der Waals surface area contributed by atoms with Crippen LogP contribution in [-0.2, 0) is 0 Å². The molecule has 94 valence electrons. The maximum Gasteiger partial charge on any atom is 0.252 e. The standard InChI is InChI=1S/C12H17ClN2O2/c1-2-9(4-6-16)7-15-12(17)10-3-5-14-8-11(10)13/h3,5,8-9,16H,2,4,6-7H2,1H3,(H,15,17).